The van der Waals surface area contributed by atoms with E-state index in [9.17, 15) is 4.79 Å². The number of anilines is 2. The van der Waals surface area contributed by atoms with Gasteiger partial charge in [0.25, 0.3) is 5.91 Å². The van der Waals surface area contributed by atoms with E-state index < -0.39 is 5.91 Å². The van der Waals surface area contributed by atoms with E-state index in [1.165, 1.54) is 4.68 Å². The first-order valence-corrected chi connectivity index (χ1v) is 10.1. The van der Waals surface area contributed by atoms with E-state index >= 15 is 0 Å². The van der Waals surface area contributed by atoms with Gasteiger partial charge in [-0.15, -0.1) is 5.10 Å². The van der Waals surface area contributed by atoms with Gasteiger partial charge in [-0.1, -0.05) is 53.2 Å². The maximum atomic E-state index is 13.0. The molecule has 0 aliphatic rings. The number of nitrogen functional groups attached to an aromatic ring is 1. The molecule has 4 rings (SSSR count). The normalized spacial score (nSPS) is 11.4. The third-order valence-electron chi connectivity index (χ3n) is 5.05. The van der Waals surface area contributed by atoms with Crippen molar-refractivity contribution in [1.29, 1.82) is 0 Å². The third kappa shape index (κ3) is 4.71. The van der Waals surface area contributed by atoms with Crippen LogP contribution in [0, 0.1) is 6.92 Å². The van der Waals surface area contributed by atoms with Gasteiger partial charge in [-0.2, -0.15) is 9.78 Å². The molecule has 2 heterocycles. The quantitative estimate of drug-likeness (QED) is 0.326. The first-order chi connectivity index (χ1) is 15.9. The van der Waals surface area contributed by atoms with Crippen LogP contribution < -0.4 is 16.1 Å². The molecule has 0 unspecified atom stereocenters. The van der Waals surface area contributed by atoms with Crippen molar-refractivity contribution in [1.82, 2.24) is 30.7 Å². The summed E-state index contributed by atoms with van der Waals surface area (Å²) in [7, 11) is 1.89. The van der Waals surface area contributed by atoms with Gasteiger partial charge in [0.2, 0.25) is 11.6 Å². The van der Waals surface area contributed by atoms with Gasteiger partial charge in [-0.05, 0) is 41.9 Å². The molecular formula is C22H23N9O2. The number of nitrogens with one attached hydrogen (secondary N) is 1. The van der Waals surface area contributed by atoms with E-state index in [1.54, 1.807) is 0 Å². The second kappa shape index (κ2) is 9.30. The topological polar surface area (TPSA) is 140 Å². The van der Waals surface area contributed by atoms with Crippen LogP contribution in [0.25, 0.3) is 5.82 Å². The first-order valence-electron chi connectivity index (χ1n) is 10.1. The highest BCUT2D eigenvalue weighted by Crippen LogP contribution is 2.20. The number of hydrazone groups is 1. The van der Waals surface area contributed by atoms with Crippen LogP contribution in [-0.4, -0.2) is 44.0 Å². The summed E-state index contributed by atoms with van der Waals surface area (Å²) in [5.41, 5.74) is 12.6. The molecule has 0 saturated carbocycles. The largest absolute Gasteiger partial charge is 0.378 e. The van der Waals surface area contributed by atoms with Gasteiger partial charge in [0.1, 0.15) is 0 Å². The van der Waals surface area contributed by atoms with Crippen molar-refractivity contribution in [2.75, 3.05) is 17.7 Å². The second-order valence-electron chi connectivity index (χ2n) is 7.47. The monoisotopic (exact) mass is 445 g/mol. The zero-order chi connectivity index (χ0) is 23.4. The van der Waals surface area contributed by atoms with Crippen molar-refractivity contribution in [2.45, 2.75) is 20.4 Å². The van der Waals surface area contributed by atoms with Gasteiger partial charge in [-0.3, -0.25) is 4.79 Å². The summed E-state index contributed by atoms with van der Waals surface area (Å²) in [4.78, 5) is 14.9. The number of aryl methyl sites for hydroxylation is 1. The molecule has 0 aliphatic heterocycles. The smallest absolute Gasteiger partial charge is 0.293 e. The number of nitrogens with two attached hydrogens (primary N) is 1. The lowest BCUT2D eigenvalue weighted by molar-refractivity contribution is 0.0949. The Bertz CT molecular complexity index is 1280. The molecule has 0 aliphatic carbocycles. The van der Waals surface area contributed by atoms with E-state index in [1.807, 2.05) is 80.4 Å². The average molecular weight is 445 g/mol. The van der Waals surface area contributed by atoms with Crippen molar-refractivity contribution in [3.05, 3.63) is 77.1 Å². The Morgan fingerprint density at radius 2 is 1.88 bits per heavy atom. The Morgan fingerprint density at radius 3 is 2.55 bits per heavy atom. The number of carbonyl (C=O) groups excluding carboxylic acids is 1. The highest BCUT2D eigenvalue weighted by molar-refractivity contribution is 6.00. The molecule has 3 N–H and O–H groups in total. The number of carbonyl (C=O) groups is 1. The second-order valence-corrected chi connectivity index (χ2v) is 7.47. The van der Waals surface area contributed by atoms with E-state index in [2.05, 4.69) is 31.2 Å². The van der Waals surface area contributed by atoms with Crippen molar-refractivity contribution >= 4 is 23.1 Å². The predicted octanol–water partition coefficient (Wildman–Crippen LogP) is 2.33. The molecule has 11 heteroatoms. The summed E-state index contributed by atoms with van der Waals surface area (Å²) in [5.74, 6) is -0.333. The lowest BCUT2D eigenvalue weighted by Gasteiger charge is -2.19. The fraction of sp³-hybridized carbons (Fsp3) is 0.182. The molecule has 1 amide bonds. The molecular weight excluding hydrogens is 422 g/mol. The Labute approximate surface area is 189 Å². The number of aromatic nitrogens is 5. The molecule has 0 radical (unpaired) electrons. The van der Waals surface area contributed by atoms with Gasteiger partial charge in [0.15, 0.2) is 5.69 Å². The number of para-hydroxylation sites is 1. The van der Waals surface area contributed by atoms with Gasteiger partial charge in [-0.25, -0.2) is 10.1 Å². The Kier molecular flexibility index (Phi) is 6.11. The predicted molar refractivity (Wildman–Crippen MR) is 123 cm³/mol. The average Bonchev–Trinajstić information content (AvgIpc) is 3.43. The third-order valence-corrected chi connectivity index (χ3v) is 5.05. The summed E-state index contributed by atoms with van der Waals surface area (Å²) >= 11 is 0. The molecule has 168 valence electrons. The van der Waals surface area contributed by atoms with Crippen LogP contribution in [0.4, 0.5) is 11.5 Å². The van der Waals surface area contributed by atoms with Crippen LogP contribution in [0.2, 0.25) is 0 Å². The maximum absolute atomic E-state index is 13.0. The van der Waals surface area contributed by atoms with Crippen LogP contribution >= 0.6 is 0 Å². The molecule has 0 fully saturated rings. The molecule has 33 heavy (non-hydrogen) atoms. The molecule has 4 aromatic rings. The summed E-state index contributed by atoms with van der Waals surface area (Å²) in [5, 5.41) is 19.7. The van der Waals surface area contributed by atoms with E-state index in [0.29, 0.717) is 11.4 Å². The molecule has 0 saturated heterocycles. The van der Waals surface area contributed by atoms with Gasteiger partial charge >= 0.3 is 0 Å². The van der Waals surface area contributed by atoms with Crippen molar-refractivity contribution < 1.29 is 9.42 Å². The molecule has 2 aromatic carbocycles. The zero-order valence-electron chi connectivity index (χ0n) is 18.4. The first kappa shape index (κ1) is 21.7. The highest BCUT2D eigenvalue weighted by Gasteiger charge is 2.25. The maximum Gasteiger partial charge on any atom is 0.293 e. The number of nitrogens with zero attached hydrogens (tertiary/aromatic N) is 7. The fourth-order valence-electron chi connectivity index (χ4n) is 3.17. The minimum Gasteiger partial charge on any atom is -0.378 e. The standard InChI is InChI=1S/C22H23N9O2/c1-14-9-11-16(12-10-14)15(2)24-26-22(32)19-18(13-30(3)17-7-5-4-6-8-17)31(29-25-19)21-20(23)27-33-28-21/h4-12H,13H2,1-3H3,(H2,23,27)(H,26,32). The number of hydrogen-bond donors (Lipinski definition) is 2. The summed E-state index contributed by atoms with van der Waals surface area (Å²) in [6.45, 7) is 4.10. The van der Waals surface area contributed by atoms with E-state index in [4.69, 9.17) is 10.4 Å². The minimum atomic E-state index is -0.515. The van der Waals surface area contributed by atoms with Crippen LogP contribution in [0.15, 0.2) is 64.3 Å². The molecule has 11 nitrogen and oxygen atoms in total. The number of rotatable bonds is 7. The highest BCUT2D eigenvalue weighted by atomic mass is 16.6. The van der Waals surface area contributed by atoms with E-state index in [0.717, 1.165) is 16.8 Å². The molecule has 0 atom stereocenters. The lowest BCUT2D eigenvalue weighted by Crippen LogP contribution is -2.25. The summed E-state index contributed by atoms with van der Waals surface area (Å²) in [6, 6.07) is 17.5. The van der Waals surface area contributed by atoms with Crippen LogP contribution in [0.3, 0.4) is 0 Å². The van der Waals surface area contributed by atoms with E-state index in [-0.39, 0.29) is 23.9 Å². The number of benzene rings is 2. The van der Waals surface area contributed by atoms with Crippen LogP contribution in [0.5, 0.6) is 0 Å². The molecule has 0 spiro atoms. The Hall–Kier alpha value is -4.54. The Morgan fingerprint density at radius 1 is 1.15 bits per heavy atom. The zero-order valence-corrected chi connectivity index (χ0v) is 18.4. The van der Waals surface area contributed by atoms with Crippen LogP contribution in [-0.2, 0) is 6.54 Å². The Balaban J connectivity index is 1.63. The van der Waals surface area contributed by atoms with Crippen molar-refractivity contribution in [3.8, 4) is 5.82 Å². The number of amides is 1. The minimum absolute atomic E-state index is 0.0312. The van der Waals surface area contributed by atoms with Crippen molar-refractivity contribution in [2.24, 2.45) is 5.10 Å². The van der Waals surface area contributed by atoms with Crippen LogP contribution in [0.1, 0.15) is 34.2 Å². The summed E-state index contributed by atoms with van der Waals surface area (Å²) in [6.07, 6.45) is 0. The fourth-order valence-corrected chi connectivity index (χ4v) is 3.17. The van der Waals surface area contributed by atoms with Gasteiger partial charge < -0.3 is 10.6 Å². The number of hydrogen-bond acceptors (Lipinski definition) is 9. The van der Waals surface area contributed by atoms with Gasteiger partial charge in [0, 0.05) is 12.7 Å². The summed E-state index contributed by atoms with van der Waals surface area (Å²) < 4.78 is 6.04. The lowest BCUT2D eigenvalue weighted by atomic mass is 10.1. The molecule has 0 bridgehead atoms. The molecule has 2 aromatic heterocycles. The van der Waals surface area contributed by atoms with Crippen molar-refractivity contribution in [3.63, 3.8) is 0 Å². The van der Waals surface area contributed by atoms with Gasteiger partial charge in [0.05, 0.1) is 18.0 Å². The SMILES string of the molecule is CC(=NNC(=O)c1nnn(-c2nonc2N)c1CN(C)c1ccccc1)c1ccc(C)cc1.